The van der Waals surface area contributed by atoms with E-state index in [2.05, 4.69) is 0 Å². The predicted octanol–water partition coefficient (Wildman–Crippen LogP) is 3.61. The van der Waals surface area contributed by atoms with E-state index in [1.54, 1.807) is 6.07 Å². The van der Waals surface area contributed by atoms with Gasteiger partial charge in [0.1, 0.15) is 0 Å². The Balaban J connectivity index is 2.49. The maximum Gasteiger partial charge on any atom is 0.166 e. The van der Waals surface area contributed by atoms with Gasteiger partial charge in [-0.25, -0.2) is 4.39 Å². The van der Waals surface area contributed by atoms with Gasteiger partial charge in [-0.2, -0.15) is 0 Å². The molecule has 2 rings (SSSR count). The Kier molecular flexibility index (Phi) is 3.59. The van der Waals surface area contributed by atoms with Crippen molar-refractivity contribution >= 4 is 11.6 Å². The van der Waals surface area contributed by atoms with E-state index in [9.17, 15) is 4.39 Å². The average Bonchev–Trinajstić information content (AvgIpc) is 2.29. The van der Waals surface area contributed by atoms with Crippen LogP contribution in [0.15, 0.2) is 12.1 Å². The van der Waals surface area contributed by atoms with Crippen molar-refractivity contribution in [2.45, 2.75) is 37.6 Å². The summed E-state index contributed by atoms with van der Waals surface area (Å²) in [5.41, 5.74) is 6.58. The molecule has 1 aromatic carbocycles. The molecule has 2 nitrogen and oxygen atoms in total. The Hall–Kier alpha value is -0.800. The molecule has 1 aliphatic carbocycles. The van der Waals surface area contributed by atoms with Gasteiger partial charge in [-0.3, -0.25) is 0 Å². The van der Waals surface area contributed by atoms with E-state index in [0.29, 0.717) is 10.6 Å². The fourth-order valence-electron chi connectivity index (χ4n) is 2.59. The molecule has 94 valence electrons. The molecule has 0 atom stereocenters. The fraction of sp³-hybridized carbons (Fsp3) is 0.538. The van der Waals surface area contributed by atoms with Crippen molar-refractivity contribution in [3.8, 4) is 5.75 Å². The van der Waals surface area contributed by atoms with Gasteiger partial charge < -0.3 is 10.5 Å². The molecule has 1 aromatic rings. The van der Waals surface area contributed by atoms with Gasteiger partial charge in [-0.1, -0.05) is 30.9 Å². The number of hydrogen-bond acceptors (Lipinski definition) is 2. The topological polar surface area (TPSA) is 35.2 Å². The standard InChI is InChI=1S/C13H17ClFNO/c1-17-12-10(7-9(14)8-11(12)15)13(16)5-3-2-4-6-13/h7-8H,2-6,16H2,1H3. The molecule has 0 radical (unpaired) electrons. The highest BCUT2D eigenvalue weighted by atomic mass is 35.5. The van der Waals surface area contributed by atoms with Crippen LogP contribution in [0.2, 0.25) is 5.02 Å². The van der Waals surface area contributed by atoms with E-state index in [4.69, 9.17) is 22.1 Å². The highest BCUT2D eigenvalue weighted by Gasteiger charge is 2.33. The van der Waals surface area contributed by atoms with Gasteiger partial charge in [0, 0.05) is 16.1 Å². The zero-order chi connectivity index (χ0) is 12.5. The highest BCUT2D eigenvalue weighted by molar-refractivity contribution is 6.30. The second kappa shape index (κ2) is 4.83. The molecule has 0 unspecified atom stereocenters. The minimum atomic E-state index is -0.505. The second-order valence-electron chi connectivity index (χ2n) is 4.69. The zero-order valence-electron chi connectivity index (χ0n) is 9.93. The molecular weight excluding hydrogens is 241 g/mol. The van der Waals surface area contributed by atoms with Crippen molar-refractivity contribution in [2.24, 2.45) is 5.73 Å². The first kappa shape index (κ1) is 12.7. The van der Waals surface area contributed by atoms with Crippen molar-refractivity contribution in [1.29, 1.82) is 0 Å². The minimum absolute atomic E-state index is 0.235. The Morgan fingerprint density at radius 2 is 1.94 bits per heavy atom. The van der Waals surface area contributed by atoms with Crippen molar-refractivity contribution in [3.63, 3.8) is 0 Å². The summed E-state index contributed by atoms with van der Waals surface area (Å²) in [4.78, 5) is 0. The summed E-state index contributed by atoms with van der Waals surface area (Å²) >= 11 is 5.91. The molecule has 0 heterocycles. The first-order valence-electron chi connectivity index (χ1n) is 5.89. The van der Waals surface area contributed by atoms with Crippen LogP contribution in [-0.4, -0.2) is 7.11 Å². The molecule has 0 bridgehead atoms. The molecule has 0 aliphatic heterocycles. The molecule has 1 fully saturated rings. The van der Waals surface area contributed by atoms with Crippen LogP contribution < -0.4 is 10.5 Å². The first-order chi connectivity index (χ1) is 8.07. The summed E-state index contributed by atoms with van der Waals surface area (Å²) in [6, 6.07) is 2.99. The predicted molar refractivity (Wildman–Crippen MR) is 66.9 cm³/mol. The summed E-state index contributed by atoms with van der Waals surface area (Å²) in [6.45, 7) is 0. The lowest BCUT2D eigenvalue weighted by molar-refractivity contribution is 0.284. The van der Waals surface area contributed by atoms with Crippen LogP contribution in [-0.2, 0) is 5.54 Å². The van der Waals surface area contributed by atoms with E-state index < -0.39 is 11.4 Å². The third kappa shape index (κ3) is 2.40. The molecule has 1 aliphatic rings. The number of benzene rings is 1. The summed E-state index contributed by atoms with van der Waals surface area (Å²) < 4.78 is 18.9. The van der Waals surface area contributed by atoms with Crippen LogP contribution >= 0.6 is 11.6 Å². The lowest BCUT2D eigenvalue weighted by Crippen LogP contribution is -2.39. The lowest BCUT2D eigenvalue weighted by Gasteiger charge is -2.35. The SMILES string of the molecule is COc1c(F)cc(Cl)cc1C1(N)CCCCC1. The number of hydrogen-bond donors (Lipinski definition) is 1. The first-order valence-corrected chi connectivity index (χ1v) is 6.27. The summed E-state index contributed by atoms with van der Waals surface area (Å²) in [6.07, 6.45) is 5.01. The molecule has 1 saturated carbocycles. The van der Waals surface area contributed by atoms with Crippen LogP contribution in [0.1, 0.15) is 37.7 Å². The van der Waals surface area contributed by atoms with Gasteiger partial charge in [0.2, 0.25) is 0 Å². The van der Waals surface area contributed by atoms with Gasteiger partial charge in [-0.05, 0) is 25.0 Å². The molecule has 17 heavy (non-hydrogen) atoms. The van der Waals surface area contributed by atoms with Crippen LogP contribution in [0.25, 0.3) is 0 Å². The van der Waals surface area contributed by atoms with E-state index in [1.165, 1.54) is 19.6 Å². The van der Waals surface area contributed by atoms with E-state index >= 15 is 0 Å². The number of ether oxygens (including phenoxy) is 1. The van der Waals surface area contributed by atoms with Gasteiger partial charge in [-0.15, -0.1) is 0 Å². The van der Waals surface area contributed by atoms with Crippen molar-refractivity contribution < 1.29 is 9.13 Å². The highest BCUT2D eigenvalue weighted by Crippen LogP contribution is 2.41. The summed E-state index contributed by atoms with van der Waals surface area (Å²) in [5, 5.41) is 0.369. The number of rotatable bonds is 2. The van der Waals surface area contributed by atoms with Gasteiger partial charge in [0.15, 0.2) is 11.6 Å². The molecule has 0 amide bonds. The Morgan fingerprint density at radius 1 is 1.29 bits per heavy atom. The molecular formula is C13H17ClFNO. The van der Waals surface area contributed by atoms with E-state index in [-0.39, 0.29) is 5.75 Å². The van der Waals surface area contributed by atoms with Crippen LogP contribution in [0.4, 0.5) is 4.39 Å². The van der Waals surface area contributed by atoms with Crippen LogP contribution in [0, 0.1) is 5.82 Å². The van der Waals surface area contributed by atoms with E-state index in [1.807, 2.05) is 0 Å². The summed E-state index contributed by atoms with van der Waals surface area (Å²) in [5.74, 6) is -0.204. The fourth-order valence-corrected chi connectivity index (χ4v) is 2.79. The molecule has 0 saturated heterocycles. The quantitative estimate of drug-likeness (QED) is 0.879. The zero-order valence-corrected chi connectivity index (χ0v) is 10.7. The van der Waals surface area contributed by atoms with Crippen molar-refractivity contribution in [3.05, 3.63) is 28.5 Å². The number of halogens is 2. The number of nitrogens with two attached hydrogens (primary N) is 1. The van der Waals surface area contributed by atoms with Crippen molar-refractivity contribution in [1.82, 2.24) is 0 Å². The summed E-state index contributed by atoms with van der Waals surface area (Å²) in [7, 11) is 1.46. The normalized spacial score (nSPS) is 19.1. The number of methoxy groups -OCH3 is 1. The third-order valence-corrected chi connectivity index (χ3v) is 3.71. The molecule has 4 heteroatoms. The monoisotopic (exact) mass is 257 g/mol. The molecule has 0 spiro atoms. The van der Waals surface area contributed by atoms with E-state index in [0.717, 1.165) is 25.7 Å². The van der Waals surface area contributed by atoms with Crippen molar-refractivity contribution in [2.75, 3.05) is 7.11 Å². The van der Waals surface area contributed by atoms with Gasteiger partial charge in [0.25, 0.3) is 0 Å². The Labute approximate surface area is 106 Å². The lowest BCUT2D eigenvalue weighted by atomic mass is 9.77. The van der Waals surface area contributed by atoms with Crippen LogP contribution in [0.5, 0.6) is 5.75 Å². The van der Waals surface area contributed by atoms with Gasteiger partial charge in [0.05, 0.1) is 7.11 Å². The minimum Gasteiger partial charge on any atom is -0.493 e. The van der Waals surface area contributed by atoms with Gasteiger partial charge >= 0.3 is 0 Å². The maximum atomic E-state index is 13.8. The Bertz CT molecular complexity index is 416. The Morgan fingerprint density at radius 3 is 2.53 bits per heavy atom. The molecule has 0 aromatic heterocycles. The maximum absolute atomic E-state index is 13.8. The smallest absolute Gasteiger partial charge is 0.166 e. The second-order valence-corrected chi connectivity index (χ2v) is 5.12. The van der Waals surface area contributed by atoms with Crippen LogP contribution in [0.3, 0.4) is 0 Å². The molecule has 2 N–H and O–H groups in total. The average molecular weight is 258 g/mol. The largest absolute Gasteiger partial charge is 0.493 e. The third-order valence-electron chi connectivity index (χ3n) is 3.49.